The monoisotopic (exact) mass is 130 g/mol. The molecule has 0 rings (SSSR count). The molecule has 0 aromatic rings. The van der Waals surface area contributed by atoms with Crippen molar-refractivity contribution in [1.29, 1.82) is 0 Å². The lowest BCUT2D eigenvalue weighted by atomic mass is 10.1. The van der Waals surface area contributed by atoms with Gasteiger partial charge in [-0.3, -0.25) is 4.79 Å². The molecule has 0 aromatic heterocycles. The Morgan fingerprint density at radius 1 is 1.67 bits per heavy atom. The molecule has 3 nitrogen and oxygen atoms in total. The van der Waals surface area contributed by atoms with Gasteiger partial charge >= 0.3 is 0 Å². The predicted octanol–water partition coefficient (Wildman–Crippen LogP) is 0.461. The average molecular weight is 130 g/mol. The first-order valence-electron chi connectivity index (χ1n) is 3.13. The zero-order valence-electron chi connectivity index (χ0n) is 5.59. The van der Waals surface area contributed by atoms with Crippen molar-refractivity contribution < 1.29 is 9.90 Å². The second-order valence-corrected chi connectivity index (χ2v) is 2.03. The Labute approximate surface area is 54.9 Å². The highest BCUT2D eigenvalue weighted by Gasteiger charge is 2.10. The summed E-state index contributed by atoms with van der Waals surface area (Å²) in [5.41, 5.74) is 4.73. The summed E-state index contributed by atoms with van der Waals surface area (Å²) in [6.45, 7) is 1.97. The molecule has 0 aliphatic heterocycles. The van der Waals surface area contributed by atoms with Crippen LogP contribution in [-0.4, -0.2) is 12.0 Å². The van der Waals surface area contributed by atoms with Crippen molar-refractivity contribution in [2.45, 2.75) is 32.3 Å². The van der Waals surface area contributed by atoms with E-state index in [1.54, 1.807) is 0 Å². The third-order valence-electron chi connectivity index (χ3n) is 1.14. The molecule has 1 radical (unpaired) electrons. The van der Waals surface area contributed by atoms with Gasteiger partial charge in [0, 0.05) is 0 Å². The zero-order chi connectivity index (χ0) is 7.28. The number of hydrogen-bond acceptors (Lipinski definition) is 1. The van der Waals surface area contributed by atoms with E-state index in [1.165, 1.54) is 0 Å². The minimum absolute atomic E-state index is 0.381. The first kappa shape index (κ1) is 8.43. The third-order valence-corrected chi connectivity index (χ3v) is 1.14. The molecule has 0 spiro atoms. The molecule has 53 valence electrons. The predicted molar refractivity (Wildman–Crippen MR) is 33.2 cm³/mol. The van der Waals surface area contributed by atoms with Crippen LogP contribution in [0.4, 0.5) is 0 Å². The topological polar surface area (TPSA) is 63.0 Å². The minimum atomic E-state index is -1.19. The molecule has 1 amide bonds. The number of hydrogen-bond donors (Lipinski definition) is 1. The Balaban J connectivity index is 3.27. The fraction of sp³-hybridized carbons (Fsp3) is 0.833. The fourth-order valence-electron chi connectivity index (χ4n) is 0.532. The van der Waals surface area contributed by atoms with E-state index in [9.17, 15) is 9.90 Å². The van der Waals surface area contributed by atoms with Crippen LogP contribution >= 0.6 is 0 Å². The van der Waals surface area contributed by atoms with Crippen molar-refractivity contribution in [3.63, 3.8) is 0 Å². The molecule has 0 saturated heterocycles. The Morgan fingerprint density at radius 2 is 2.22 bits per heavy atom. The maximum absolute atomic E-state index is 10.5. The zero-order valence-corrected chi connectivity index (χ0v) is 5.59. The summed E-state index contributed by atoms with van der Waals surface area (Å²) in [6.07, 6.45) is 0.916. The van der Waals surface area contributed by atoms with E-state index in [4.69, 9.17) is 5.73 Å². The Hall–Kier alpha value is -0.570. The number of amides is 1. The molecule has 0 aliphatic carbocycles. The summed E-state index contributed by atoms with van der Waals surface area (Å²) in [5.74, 6) is -0.733. The smallest absolute Gasteiger partial charge is 0.249 e. The minimum Gasteiger partial charge on any atom is -0.367 e. The number of unbranched alkanes of at least 4 members (excludes halogenated alkanes) is 1. The maximum Gasteiger partial charge on any atom is 0.249 e. The van der Waals surface area contributed by atoms with Crippen molar-refractivity contribution in [1.82, 2.24) is 0 Å². The fourth-order valence-corrected chi connectivity index (χ4v) is 0.532. The summed E-state index contributed by atoms with van der Waals surface area (Å²) in [4.78, 5) is 10.1. The summed E-state index contributed by atoms with van der Waals surface area (Å²) in [7, 11) is 0. The van der Waals surface area contributed by atoms with Crippen LogP contribution in [0, 0.1) is 0 Å². The Bertz CT molecular complexity index is 93.1. The molecule has 0 bridgehead atoms. The van der Waals surface area contributed by atoms with Gasteiger partial charge in [0.25, 0.3) is 0 Å². The van der Waals surface area contributed by atoms with Crippen LogP contribution in [-0.2, 0) is 9.90 Å². The molecule has 3 heteroatoms. The van der Waals surface area contributed by atoms with Crippen LogP contribution in [0.15, 0.2) is 0 Å². The van der Waals surface area contributed by atoms with Crippen molar-refractivity contribution in [2.24, 2.45) is 5.73 Å². The van der Waals surface area contributed by atoms with Crippen LogP contribution < -0.4 is 5.73 Å². The lowest BCUT2D eigenvalue weighted by Crippen LogP contribution is -2.26. The average Bonchev–Trinajstić information content (AvgIpc) is 1.82. The van der Waals surface area contributed by atoms with Crippen molar-refractivity contribution in [3.8, 4) is 0 Å². The van der Waals surface area contributed by atoms with Crippen LogP contribution in [0.25, 0.3) is 0 Å². The van der Waals surface area contributed by atoms with Gasteiger partial charge in [-0.05, 0) is 6.42 Å². The molecule has 0 aromatic carbocycles. The van der Waals surface area contributed by atoms with Gasteiger partial charge in [0.15, 0.2) is 6.10 Å². The van der Waals surface area contributed by atoms with Gasteiger partial charge in [-0.2, -0.15) is 0 Å². The molecule has 0 saturated carbocycles. The molecule has 1 atom stereocenters. The van der Waals surface area contributed by atoms with Gasteiger partial charge in [0.2, 0.25) is 5.91 Å². The molecule has 9 heavy (non-hydrogen) atoms. The first-order valence-corrected chi connectivity index (χ1v) is 3.13. The molecule has 0 fully saturated rings. The molecule has 0 heterocycles. The molecule has 0 aliphatic rings. The summed E-state index contributed by atoms with van der Waals surface area (Å²) in [5, 5.41) is 10.5. The standard InChI is InChI=1S/C6H12NO2/c1-2-3-4-5(8)6(7)9/h5H,2-4H2,1H3,(H2,7,9). The van der Waals surface area contributed by atoms with Crippen LogP contribution in [0.2, 0.25) is 0 Å². The Kier molecular flexibility index (Phi) is 4.05. The van der Waals surface area contributed by atoms with E-state index in [0.29, 0.717) is 6.42 Å². The lowest BCUT2D eigenvalue weighted by Gasteiger charge is -1.99. The quantitative estimate of drug-likeness (QED) is 0.590. The van der Waals surface area contributed by atoms with Gasteiger partial charge in [0.1, 0.15) is 0 Å². The summed E-state index contributed by atoms with van der Waals surface area (Å²) in [6, 6.07) is 0. The van der Waals surface area contributed by atoms with Gasteiger partial charge < -0.3 is 5.73 Å². The second kappa shape index (κ2) is 4.32. The second-order valence-electron chi connectivity index (χ2n) is 2.03. The van der Waals surface area contributed by atoms with Crippen molar-refractivity contribution >= 4 is 5.91 Å². The number of nitrogens with two attached hydrogens (primary N) is 1. The molecule has 2 N–H and O–H groups in total. The van der Waals surface area contributed by atoms with Gasteiger partial charge in [-0.1, -0.05) is 19.8 Å². The molecule has 1 unspecified atom stereocenters. The highest BCUT2D eigenvalue weighted by atomic mass is 16.3. The van der Waals surface area contributed by atoms with E-state index in [0.717, 1.165) is 12.8 Å². The van der Waals surface area contributed by atoms with Gasteiger partial charge in [-0.25, -0.2) is 5.11 Å². The van der Waals surface area contributed by atoms with Crippen molar-refractivity contribution in [3.05, 3.63) is 0 Å². The number of carbonyl (C=O) groups is 1. The highest BCUT2D eigenvalue weighted by Crippen LogP contribution is 1.98. The van der Waals surface area contributed by atoms with E-state index in [1.807, 2.05) is 6.92 Å². The number of primary amides is 1. The lowest BCUT2D eigenvalue weighted by molar-refractivity contribution is -0.129. The number of rotatable bonds is 4. The van der Waals surface area contributed by atoms with Gasteiger partial charge in [0.05, 0.1) is 0 Å². The van der Waals surface area contributed by atoms with E-state index in [-0.39, 0.29) is 0 Å². The van der Waals surface area contributed by atoms with E-state index in [2.05, 4.69) is 0 Å². The van der Waals surface area contributed by atoms with E-state index < -0.39 is 12.0 Å². The highest BCUT2D eigenvalue weighted by molar-refractivity contribution is 5.78. The largest absolute Gasteiger partial charge is 0.367 e. The Morgan fingerprint density at radius 3 is 2.56 bits per heavy atom. The van der Waals surface area contributed by atoms with Crippen LogP contribution in [0.1, 0.15) is 26.2 Å². The normalized spacial score (nSPS) is 13.1. The van der Waals surface area contributed by atoms with Crippen molar-refractivity contribution in [2.75, 3.05) is 0 Å². The molecular weight excluding hydrogens is 118 g/mol. The van der Waals surface area contributed by atoms with Crippen LogP contribution in [0.5, 0.6) is 0 Å². The van der Waals surface area contributed by atoms with E-state index >= 15 is 0 Å². The summed E-state index contributed by atoms with van der Waals surface area (Å²) >= 11 is 0. The SMILES string of the molecule is CCCCC([O])C(N)=O. The van der Waals surface area contributed by atoms with Crippen LogP contribution in [0.3, 0.4) is 0 Å². The third kappa shape index (κ3) is 3.97. The maximum atomic E-state index is 10.5. The first-order chi connectivity index (χ1) is 4.18. The molecular formula is C6H12NO2. The van der Waals surface area contributed by atoms with Gasteiger partial charge in [-0.15, -0.1) is 0 Å². The number of carbonyl (C=O) groups excluding carboxylic acids is 1. The summed E-state index contributed by atoms with van der Waals surface area (Å²) < 4.78 is 0.